The number of hydrogen-bond donors (Lipinski definition) is 0. The van der Waals surface area contributed by atoms with Gasteiger partial charge in [-0.05, 0) is 31.5 Å². The van der Waals surface area contributed by atoms with E-state index >= 15 is 0 Å². The molecule has 0 amide bonds. The van der Waals surface area contributed by atoms with Gasteiger partial charge in [-0.3, -0.25) is 0 Å². The predicted octanol–water partition coefficient (Wildman–Crippen LogP) is 4.28. The summed E-state index contributed by atoms with van der Waals surface area (Å²) in [5, 5.41) is 13.8. The molecule has 0 aliphatic rings. The lowest BCUT2D eigenvalue weighted by molar-refractivity contribution is 0.628. The standard InChI is InChI=1S/C17H13FN4S/c1-10-6-7-14(11(2)8-10)16-21-22-15(19-20-17(22)23-16)12-4-3-5-13(18)9-12/h3-9H,1-2H3. The average molecular weight is 324 g/mol. The highest BCUT2D eigenvalue weighted by Gasteiger charge is 2.15. The molecule has 0 atom stereocenters. The summed E-state index contributed by atoms with van der Waals surface area (Å²) in [5.74, 6) is 0.246. The van der Waals surface area contributed by atoms with Gasteiger partial charge in [-0.25, -0.2) is 4.39 Å². The summed E-state index contributed by atoms with van der Waals surface area (Å²) >= 11 is 1.47. The molecule has 2 aromatic carbocycles. The van der Waals surface area contributed by atoms with E-state index in [0.29, 0.717) is 16.3 Å². The van der Waals surface area contributed by atoms with Crippen molar-refractivity contribution in [2.24, 2.45) is 0 Å². The Morgan fingerprint density at radius 1 is 1.04 bits per heavy atom. The Morgan fingerprint density at radius 3 is 2.70 bits per heavy atom. The van der Waals surface area contributed by atoms with Gasteiger partial charge in [0.25, 0.3) is 0 Å². The van der Waals surface area contributed by atoms with Gasteiger partial charge in [-0.15, -0.1) is 10.2 Å². The lowest BCUT2D eigenvalue weighted by Gasteiger charge is -2.02. The molecule has 23 heavy (non-hydrogen) atoms. The Balaban J connectivity index is 1.86. The molecule has 0 aliphatic heterocycles. The van der Waals surface area contributed by atoms with Crippen molar-refractivity contribution in [1.82, 2.24) is 19.8 Å². The molecular formula is C17H13FN4S. The fourth-order valence-corrected chi connectivity index (χ4v) is 3.52. The first kappa shape index (κ1) is 14.0. The largest absolute Gasteiger partial charge is 0.235 e. The number of halogens is 1. The number of nitrogens with zero attached hydrogens (tertiary/aromatic N) is 4. The van der Waals surface area contributed by atoms with Crippen LogP contribution in [0.15, 0.2) is 42.5 Å². The van der Waals surface area contributed by atoms with Crippen LogP contribution in [-0.4, -0.2) is 19.8 Å². The minimum absolute atomic E-state index is 0.302. The molecule has 0 radical (unpaired) electrons. The van der Waals surface area contributed by atoms with E-state index in [0.717, 1.165) is 10.6 Å². The number of rotatable bonds is 2. The van der Waals surface area contributed by atoms with Gasteiger partial charge in [-0.2, -0.15) is 9.61 Å². The van der Waals surface area contributed by atoms with E-state index in [1.807, 2.05) is 0 Å². The van der Waals surface area contributed by atoms with Crippen LogP contribution in [0.25, 0.3) is 26.9 Å². The first-order chi connectivity index (χ1) is 11.1. The zero-order valence-electron chi connectivity index (χ0n) is 12.6. The summed E-state index contributed by atoms with van der Waals surface area (Å²) in [6.45, 7) is 4.13. The summed E-state index contributed by atoms with van der Waals surface area (Å²) in [7, 11) is 0. The Kier molecular flexibility index (Phi) is 3.20. The molecule has 0 N–H and O–H groups in total. The van der Waals surface area contributed by atoms with E-state index in [1.165, 1.54) is 34.6 Å². The molecule has 0 fully saturated rings. The first-order valence-electron chi connectivity index (χ1n) is 7.17. The summed E-state index contributed by atoms with van der Waals surface area (Å²) < 4.78 is 15.1. The molecule has 114 valence electrons. The maximum absolute atomic E-state index is 13.4. The van der Waals surface area contributed by atoms with E-state index < -0.39 is 0 Å². The minimum Gasteiger partial charge on any atom is -0.207 e. The van der Waals surface area contributed by atoms with Crippen LogP contribution in [0.5, 0.6) is 0 Å². The molecule has 2 aromatic heterocycles. The summed E-state index contributed by atoms with van der Waals surface area (Å²) in [4.78, 5) is 0.694. The molecule has 0 unspecified atom stereocenters. The first-order valence-corrected chi connectivity index (χ1v) is 7.99. The molecule has 4 aromatic rings. The van der Waals surface area contributed by atoms with Crippen LogP contribution in [0.3, 0.4) is 0 Å². The van der Waals surface area contributed by atoms with E-state index in [1.54, 1.807) is 16.6 Å². The summed E-state index contributed by atoms with van der Waals surface area (Å²) in [6, 6.07) is 12.6. The van der Waals surface area contributed by atoms with Crippen LogP contribution >= 0.6 is 11.3 Å². The van der Waals surface area contributed by atoms with Gasteiger partial charge in [0.1, 0.15) is 10.8 Å². The molecule has 2 heterocycles. The third-order valence-electron chi connectivity index (χ3n) is 3.69. The Hall–Kier alpha value is -2.60. The van der Waals surface area contributed by atoms with Crippen LogP contribution < -0.4 is 0 Å². The molecule has 0 saturated heterocycles. The number of benzene rings is 2. The van der Waals surface area contributed by atoms with Gasteiger partial charge in [0.15, 0.2) is 5.82 Å². The highest BCUT2D eigenvalue weighted by Crippen LogP contribution is 2.30. The van der Waals surface area contributed by atoms with Crippen LogP contribution in [0.4, 0.5) is 4.39 Å². The number of fused-ring (bicyclic) bond motifs is 1. The second kappa shape index (κ2) is 5.24. The van der Waals surface area contributed by atoms with Gasteiger partial charge < -0.3 is 0 Å². The second-order valence-electron chi connectivity index (χ2n) is 5.45. The van der Waals surface area contributed by atoms with E-state index in [4.69, 9.17) is 0 Å². The third kappa shape index (κ3) is 2.41. The fourth-order valence-electron chi connectivity index (χ4n) is 2.59. The van der Waals surface area contributed by atoms with Crippen LogP contribution in [0, 0.1) is 19.7 Å². The van der Waals surface area contributed by atoms with Crippen molar-refractivity contribution in [3.8, 4) is 22.0 Å². The Bertz CT molecular complexity index is 1020. The quantitative estimate of drug-likeness (QED) is 0.553. The maximum atomic E-state index is 13.4. The average Bonchev–Trinajstić information content (AvgIpc) is 3.07. The van der Waals surface area contributed by atoms with Gasteiger partial charge in [-0.1, -0.05) is 47.2 Å². The fraction of sp³-hybridized carbons (Fsp3) is 0.118. The van der Waals surface area contributed by atoms with Gasteiger partial charge in [0.2, 0.25) is 4.96 Å². The van der Waals surface area contributed by atoms with E-state index in [-0.39, 0.29) is 5.82 Å². The predicted molar refractivity (Wildman–Crippen MR) is 89.0 cm³/mol. The van der Waals surface area contributed by atoms with E-state index in [9.17, 15) is 4.39 Å². The van der Waals surface area contributed by atoms with Crippen molar-refractivity contribution in [3.63, 3.8) is 0 Å². The Morgan fingerprint density at radius 2 is 1.91 bits per heavy atom. The van der Waals surface area contributed by atoms with Crippen LogP contribution in [0.1, 0.15) is 11.1 Å². The zero-order chi connectivity index (χ0) is 16.0. The zero-order valence-corrected chi connectivity index (χ0v) is 13.4. The number of aryl methyl sites for hydroxylation is 2. The number of hydrogen-bond acceptors (Lipinski definition) is 4. The topological polar surface area (TPSA) is 43.1 Å². The highest BCUT2D eigenvalue weighted by atomic mass is 32.1. The normalized spacial score (nSPS) is 11.3. The lowest BCUT2D eigenvalue weighted by Crippen LogP contribution is -1.92. The molecule has 0 spiro atoms. The van der Waals surface area contributed by atoms with Gasteiger partial charge in [0, 0.05) is 11.1 Å². The molecule has 4 nitrogen and oxygen atoms in total. The molecular weight excluding hydrogens is 311 g/mol. The van der Waals surface area contributed by atoms with Gasteiger partial charge >= 0.3 is 0 Å². The molecule has 4 rings (SSSR count). The van der Waals surface area contributed by atoms with Crippen molar-refractivity contribution < 1.29 is 4.39 Å². The molecule has 6 heteroatoms. The third-order valence-corrected chi connectivity index (χ3v) is 4.62. The number of aromatic nitrogens is 4. The Labute approximate surface area is 136 Å². The van der Waals surface area contributed by atoms with Crippen LogP contribution in [-0.2, 0) is 0 Å². The monoisotopic (exact) mass is 324 g/mol. The lowest BCUT2D eigenvalue weighted by atomic mass is 10.1. The van der Waals surface area contributed by atoms with E-state index in [2.05, 4.69) is 47.3 Å². The maximum Gasteiger partial charge on any atom is 0.235 e. The van der Waals surface area contributed by atoms with Crippen molar-refractivity contribution >= 4 is 16.3 Å². The van der Waals surface area contributed by atoms with Crippen molar-refractivity contribution in [3.05, 3.63) is 59.4 Å². The minimum atomic E-state index is -0.302. The molecule has 0 saturated carbocycles. The SMILES string of the molecule is Cc1ccc(-c2nn3c(-c4cccc(F)c4)nnc3s2)c(C)c1. The van der Waals surface area contributed by atoms with Crippen molar-refractivity contribution in [1.29, 1.82) is 0 Å². The van der Waals surface area contributed by atoms with Crippen LogP contribution in [0.2, 0.25) is 0 Å². The molecule has 0 aliphatic carbocycles. The summed E-state index contributed by atoms with van der Waals surface area (Å²) in [6.07, 6.45) is 0. The highest BCUT2D eigenvalue weighted by molar-refractivity contribution is 7.19. The van der Waals surface area contributed by atoms with Crippen molar-refractivity contribution in [2.75, 3.05) is 0 Å². The van der Waals surface area contributed by atoms with Crippen molar-refractivity contribution in [2.45, 2.75) is 13.8 Å². The smallest absolute Gasteiger partial charge is 0.207 e. The van der Waals surface area contributed by atoms with Gasteiger partial charge in [0.05, 0.1) is 0 Å². The second-order valence-corrected chi connectivity index (χ2v) is 6.41. The molecule has 0 bridgehead atoms. The summed E-state index contributed by atoms with van der Waals surface area (Å²) in [5.41, 5.74) is 4.13.